The first kappa shape index (κ1) is 29.9. The first-order chi connectivity index (χ1) is 21.4. The van der Waals surface area contributed by atoms with E-state index in [9.17, 15) is 9.59 Å². The summed E-state index contributed by atoms with van der Waals surface area (Å²) in [6, 6.07) is 35.1. The number of hydrogen-bond donors (Lipinski definition) is 1. The van der Waals surface area contributed by atoms with Gasteiger partial charge < -0.3 is 24.3 Å². The van der Waals surface area contributed by atoms with Gasteiger partial charge in [0.2, 0.25) is 0 Å². The van der Waals surface area contributed by atoms with Gasteiger partial charge in [0.1, 0.15) is 35.4 Å². The zero-order valence-electron chi connectivity index (χ0n) is 24.8. The Bertz CT molecular complexity index is 1710. The highest BCUT2D eigenvalue weighted by atomic mass is 16.5. The molecule has 0 spiro atoms. The topological polar surface area (TPSA) is 83.1 Å². The predicted octanol–water partition coefficient (Wildman–Crippen LogP) is 9.07. The Labute approximate surface area is 257 Å². The van der Waals surface area contributed by atoms with Crippen LogP contribution in [-0.2, 0) is 11.4 Å². The van der Waals surface area contributed by atoms with E-state index in [2.05, 4.69) is 5.32 Å². The van der Waals surface area contributed by atoms with E-state index < -0.39 is 0 Å². The van der Waals surface area contributed by atoms with Crippen molar-refractivity contribution in [3.8, 4) is 34.5 Å². The Hall–Kier alpha value is -5.56. The van der Waals surface area contributed by atoms with E-state index in [-0.39, 0.29) is 17.6 Å². The predicted molar refractivity (Wildman–Crippen MR) is 170 cm³/mol. The van der Waals surface area contributed by atoms with Crippen LogP contribution < -0.4 is 24.3 Å². The van der Waals surface area contributed by atoms with Crippen molar-refractivity contribution in [3.05, 3.63) is 138 Å². The van der Waals surface area contributed by atoms with Crippen molar-refractivity contribution in [2.45, 2.75) is 33.3 Å². The van der Waals surface area contributed by atoms with Crippen molar-refractivity contribution in [2.75, 3.05) is 5.32 Å². The fourth-order valence-electron chi connectivity index (χ4n) is 4.51. The molecule has 0 saturated heterocycles. The number of para-hydroxylation sites is 1. The average Bonchev–Trinajstić information content (AvgIpc) is 3.03. The van der Waals surface area contributed by atoms with Gasteiger partial charge in [-0.2, -0.15) is 0 Å². The number of hydrogen-bond acceptors (Lipinski definition) is 6. The number of anilines is 1. The Morgan fingerprint density at radius 2 is 1.39 bits per heavy atom. The summed E-state index contributed by atoms with van der Waals surface area (Å²) < 4.78 is 23.2. The van der Waals surface area contributed by atoms with Gasteiger partial charge in [-0.3, -0.25) is 9.59 Å². The molecule has 222 valence electrons. The second-order valence-corrected chi connectivity index (χ2v) is 10.5. The van der Waals surface area contributed by atoms with E-state index >= 15 is 0 Å². The number of rotatable bonds is 12. The summed E-state index contributed by atoms with van der Waals surface area (Å²) >= 11 is 0. The van der Waals surface area contributed by atoms with E-state index in [0.29, 0.717) is 47.3 Å². The third-order valence-corrected chi connectivity index (χ3v) is 6.80. The number of amides is 1. The Kier molecular flexibility index (Phi) is 9.57. The Morgan fingerprint density at radius 3 is 2.07 bits per heavy atom. The summed E-state index contributed by atoms with van der Waals surface area (Å²) in [5, 5.41) is 2.87. The first-order valence-corrected chi connectivity index (χ1v) is 14.3. The van der Waals surface area contributed by atoms with Gasteiger partial charge in [0.05, 0.1) is 5.69 Å². The maximum Gasteiger partial charge on any atom is 0.298 e. The van der Waals surface area contributed by atoms with Crippen LogP contribution in [0.3, 0.4) is 0 Å². The van der Waals surface area contributed by atoms with Crippen LogP contribution in [0.2, 0.25) is 0 Å². The summed E-state index contributed by atoms with van der Waals surface area (Å²) in [6.45, 7) is 6.81. The minimum Gasteiger partial charge on any atom is -0.489 e. The molecule has 1 amide bonds. The average molecular weight is 588 g/mol. The van der Waals surface area contributed by atoms with E-state index in [1.165, 1.54) is 0 Å². The highest BCUT2D eigenvalue weighted by Crippen LogP contribution is 2.39. The number of ether oxygens (including phenoxy) is 4. The highest BCUT2D eigenvalue weighted by molar-refractivity contribution is 6.05. The summed E-state index contributed by atoms with van der Waals surface area (Å²) in [6.07, 6.45) is 0. The maximum absolute atomic E-state index is 13.2. The molecule has 0 bridgehead atoms. The number of carbonyl (C=O) groups excluding carboxylic acids is 2. The molecule has 0 aliphatic rings. The van der Waals surface area contributed by atoms with Crippen LogP contribution in [0.15, 0.2) is 115 Å². The second kappa shape index (κ2) is 14.1. The number of nitrogens with one attached hydrogen (secondary N) is 1. The van der Waals surface area contributed by atoms with Gasteiger partial charge in [0.25, 0.3) is 12.4 Å². The van der Waals surface area contributed by atoms with Gasteiger partial charge in [0, 0.05) is 11.6 Å². The summed E-state index contributed by atoms with van der Waals surface area (Å²) in [5.41, 5.74) is 3.73. The fourth-order valence-corrected chi connectivity index (χ4v) is 4.51. The van der Waals surface area contributed by atoms with E-state index in [1.807, 2.05) is 99.6 Å². The van der Waals surface area contributed by atoms with Crippen molar-refractivity contribution in [3.63, 3.8) is 0 Å². The molecule has 5 rings (SSSR count). The summed E-state index contributed by atoms with van der Waals surface area (Å²) in [7, 11) is 0. The van der Waals surface area contributed by atoms with Crippen LogP contribution >= 0.6 is 0 Å². The lowest BCUT2D eigenvalue weighted by Crippen LogP contribution is -2.13. The third kappa shape index (κ3) is 7.83. The van der Waals surface area contributed by atoms with Crippen LogP contribution in [0.1, 0.15) is 46.8 Å². The Balaban J connectivity index is 1.30. The molecule has 0 aliphatic carbocycles. The van der Waals surface area contributed by atoms with Crippen LogP contribution in [0.25, 0.3) is 0 Å². The largest absolute Gasteiger partial charge is 0.489 e. The molecule has 0 atom stereocenters. The number of benzene rings is 5. The molecular weight excluding hydrogens is 554 g/mol. The molecule has 0 heterocycles. The molecule has 5 aromatic rings. The zero-order valence-corrected chi connectivity index (χ0v) is 24.8. The van der Waals surface area contributed by atoms with Crippen molar-refractivity contribution in [1.82, 2.24) is 0 Å². The molecular formula is C37H33NO6. The van der Waals surface area contributed by atoms with Crippen molar-refractivity contribution < 1.29 is 28.5 Å². The highest BCUT2D eigenvalue weighted by Gasteiger charge is 2.18. The fraction of sp³-hybridized carbons (Fsp3) is 0.135. The van der Waals surface area contributed by atoms with Gasteiger partial charge in [-0.1, -0.05) is 56.3 Å². The zero-order chi connectivity index (χ0) is 30.9. The third-order valence-electron chi connectivity index (χ3n) is 6.80. The molecule has 0 radical (unpaired) electrons. The number of aryl methyl sites for hydroxylation is 1. The normalized spacial score (nSPS) is 10.6. The van der Waals surface area contributed by atoms with E-state index in [0.717, 1.165) is 22.4 Å². The van der Waals surface area contributed by atoms with Gasteiger partial charge in [0.15, 0.2) is 5.75 Å². The van der Waals surface area contributed by atoms with Crippen LogP contribution in [0.5, 0.6) is 34.5 Å². The monoisotopic (exact) mass is 587 g/mol. The molecule has 0 aliphatic heterocycles. The standard InChI is InChI=1S/C37H33NO6/c1-25(2)33-21-34(38-37(40)28-14-18-30(19-15-28)43-29-9-5-4-6-10-29)36(42-24-39)22-35(33)44-31-16-12-27(13-17-31)23-41-32-11-7-8-26(3)20-32/h4-22,24-25H,23H2,1-3H3,(H,38,40). The van der Waals surface area contributed by atoms with Gasteiger partial charge in [-0.15, -0.1) is 0 Å². The lowest BCUT2D eigenvalue weighted by molar-refractivity contribution is -0.120. The minimum absolute atomic E-state index is 0.0438. The Morgan fingerprint density at radius 1 is 0.727 bits per heavy atom. The lowest BCUT2D eigenvalue weighted by Gasteiger charge is -2.18. The van der Waals surface area contributed by atoms with Gasteiger partial charge in [-0.05, 0) is 96.3 Å². The molecule has 0 aromatic heterocycles. The van der Waals surface area contributed by atoms with Crippen molar-refractivity contribution >= 4 is 18.1 Å². The van der Waals surface area contributed by atoms with E-state index in [4.69, 9.17) is 18.9 Å². The molecule has 1 N–H and O–H groups in total. The van der Waals surface area contributed by atoms with E-state index in [1.54, 1.807) is 36.4 Å². The first-order valence-electron chi connectivity index (χ1n) is 14.3. The minimum atomic E-state index is -0.362. The molecule has 7 nitrogen and oxygen atoms in total. The molecule has 44 heavy (non-hydrogen) atoms. The lowest BCUT2D eigenvalue weighted by atomic mass is 10.0. The van der Waals surface area contributed by atoms with Crippen molar-refractivity contribution in [1.29, 1.82) is 0 Å². The smallest absolute Gasteiger partial charge is 0.298 e. The SMILES string of the molecule is Cc1cccc(OCc2ccc(Oc3cc(OC=O)c(NC(=O)c4ccc(Oc5ccccc5)cc4)cc3C(C)C)cc2)c1. The molecule has 0 unspecified atom stereocenters. The second-order valence-electron chi connectivity index (χ2n) is 10.5. The van der Waals surface area contributed by atoms with Crippen molar-refractivity contribution in [2.24, 2.45) is 0 Å². The number of carbonyl (C=O) groups is 2. The molecule has 0 fully saturated rings. The quantitative estimate of drug-likeness (QED) is 0.147. The van der Waals surface area contributed by atoms with Crippen LogP contribution in [0, 0.1) is 6.92 Å². The van der Waals surface area contributed by atoms with Crippen LogP contribution in [-0.4, -0.2) is 12.4 Å². The van der Waals surface area contributed by atoms with Gasteiger partial charge >= 0.3 is 0 Å². The summed E-state index contributed by atoms with van der Waals surface area (Å²) in [5.74, 6) is 3.09. The van der Waals surface area contributed by atoms with Crippen LogP contribution in [0.4, 0.5) is 5.69 Å². The molecule has 5 aromatic carbocycles. The molecule has 0 saturated carbocycles. The summed E-state index contributed by atoms with van der Waals surface area (Å²) in [4.78, 5) is 24.5. The maximum atomic E-state index is 13.2. The molecule has 7 heteroatoms. The van der Waals surface area contributed by atoms with Gasteiger partial charge in [-0.25, -0.2) is 0 Å².